The summed E-state index contributed by atoms with van der Waals surface area (Å²) in [6.45, 7) is 7.12. The topological polar surface area (TPSA) is 60.9 Å². The zero-order valence-electron chi connectivity index (χ0n) is 14.4. The molecule has 128 valence electrons. The average molecular weight is 334 g/mol. The van der Waals surface area contributed by atoms with Gasteiger partial charge in [-0.3, -0.25) is 14.9 Å². The molecule has 1 N–H and O–H groups in total. The molecule has 6 heteroatoms. The van der Waals surface area contributed by atoms with E-state index in [2.05, 4.69) is 48.8 Å². The Labute approximate surface area is 147 Å². The second-order valence-electron chi connectivity index (χ2n) is 6.41. The van der Waals surface area contributed by atoms with Gasteiger partial charge < -0.3 is 9.88 Å². The summed E-state index contributed by atoms with van der Waals surface area (Å²) in [5, 5.41) is 0. The van der Waals surface area contributed by atoms with Crippen molar-refractivity contribution < 1.29 is 0 Å². The molecule has 1 aliphatic rings. The van der Waals surface area contributed by atoms with Gasteiger partial charge >= 0.3 is 0 Å². The average Bonchev–Trinajstić information content (AvgIpc) is 3.17. The quantitative estimate of drug-likeness (QED) is 0.794. The largest absolute Gasteiger partial charge is 0.368 e. The van der Waals surface area contributed by atoms with Crippen LogP contribution in [0.1, 0.15) is 11.3 Å². The SMILES string of the molecule is Cc1cc(N2CCN(Cc3ccccn3)CC2)cnc1-c1cnc[nH]1. The number of hydrogen-bond acceptors (Lipinski definition) is 5. The summed E-state index contributed by atoms with van der Waals surface area (Å²) in [4.78, 5) is 21.1. The van der Waals surface area contributed by atoms with Crippen LogP contribution in [0.3, 0.4) is 0 Å². The fraction of sp³-hybridized carbons (Fsp3) is 0.316. The van der Waals surface area contributed by atoms with Crippen LogP contribution in [0.2, 0.25) is 0 Å². The maximum atomic E-state index is 4.65. The number of hydrogen-bond donors (Lipinski definition) is 1. The Kier molecular flexibility index (Phi) is 4.43. The van der Waals surface area contributed by atoms with E-state index in [1.165, 1.54) is 5.69 Å². The number of aromatic nitrogens is 4. The third-order valence-corrected chi connectivity index (χ3v) is 4.67. The summed E-state index contributed by atoms with van der Waals surface area (Å²) in [6.07, 6.45) is 7.33. The fourth-order valence-electron chi connectivity index (χ4n) is 3.29. The summed E-state index contributed by atoms with van der Waals surface area (Å²) in [6, 6.07) is 8.32. The molecule has 1 aliphatic heterocycles. The first-order valence-electron chi connectivity index (χ1n) is 8.62. The van der Waals surface area contributed by atoms with Gasteiger partial charge in [0, 0.05) is 38.9 Å². The normalized spacial score (nSPS) is 15.5. The van der Waals surface area contributed by atoms with Crippen molar-refractivity contribution in [3.05, 3.63) is 60.4 Å². The minimum absolute atomic E-state index is 0.921. The van der Waals surface area contributed by atoms with Crippen molar-refractivity contribution in [3.8, 4) is 11.4 Å². The van der Waals surface area contributed by atoms with Crippen LogP contribution in [0.4, 0.5) is 5.69 Å². The maximum Gasteiger partial charge on any atom is 0.0924 e. The predicted molar refractivity (Wildman–Crippen MR) is 98.3 cm³/mol. The number of imidazole rings is 1. The molecule has 0 bridgehead atoms. The van der Waals surface area contributed by atoms with Crippen molar-refractivity contribution in [2.45, 2.75) is 13.5 Å². The Hall–Kier alpha value is -2.73. The Balaban J connectivity index is 1.40. The lowest BCUT2D eigenvalue weighted by Crippen LogP contribution is -2.46. The molecule has 25 heavy (non-hydrogen) atoms. The first-order valence-corrected chi connectivity index (χ1v) is 8.62. The lowest BCUT2D eigenvalue weighted by molar-refractivity contribution is 0.247. The summed E-state index contributed by atoms with van der Waals surface area (Å²) in [7, 11) is 0. The Bertz CT molecular complexity index is 807. The maximum absolute atomic E-state index is 4.65. The van der Waals surface area contributed by atoms with Crippen LogP contribution >= 0.6 is 0 Å². The molecule has 0 aliphatic carbocycles. The zero-order valence-corrected chi connectivity index (χ0v) is 14.4. The van der Waals surface area contributed by atoms with Crippen molar-refractivity contribution >= 4 is 5.69 Å². The lowest BCUT2D eigenvalue weighted by Gasteiger charge is -2.36. The van der Waals surface area contributed by atoms with Gasteiger partial charge in [0.2, 0.25) is 0 Å². The number of aryl methyl sites for hydroxylation is 1. The number of piperazine rings is 1. The first kappa shape index (κ1) is 15.8. The van der Waals surface area contributed by atoms with E-state index in [1.54, 1.807) is 6.33 Å². The van der Waals surface area contributed by atoms with Crippen LogP contribution in [0.25, 0.3) is 11.4 Å². The summed E-state index contributed by atoms with van der Waals surface area (Å²) >= 11 is 0. The van der Waals surface area contributed by atoms with Crippen molar-refractivity contribution in [1.82, 2.24) is 24.8 Å². The van der Waals surface area contributed by atoms with Gasteiger partial charge in [-0.15, -0.1) is 0 Å². The summed E-state index contributed by atoms with van der Waals surface area (Å²) < 4.78 is 0. The van der Waals surface area contributed by atoms with Crippen molar-refractivity contribution in [3.63, 3.8) is 0 Å². The molecule has 4 heterocycles. The van der Waals surface area contributed by atoms with Crippen LogP contribution < -0.4 is 4.90 Å². The van der Waals surface area contributed by atoms with Gasteiger partial charge in [0.25, 0.3) is 0 Å². The Morgan fingerprint density at radius 1 is 1.08 bits per heavy atom. The second kappa shape index (κ2) is 7.03. The molecule has 0 radical (unpaired) electrons. The molecule has 6 nitrogen and oxygen atoms in total. The van der Waals surface area contributed by atoms with Crippen LogP contribution in [0.15, 0.2) is 49.2 Å². The first-order chi connectivity index (χ1) is 12.3. The van der Waals surface area contributed by atoms with E-state index < -0.39 is 0 Å². The molecule has 0 saturated carbocycles. The van der Waals surface area contributed by atoms with Gasteiger partial charge in [0.1, 0.15) is 0 Å². The van der Waals surface area contributed by atoms with Gasteiger partial charge in [0.15, 0.2) is 0 Å². The monoisotopic (exact) mass is 334 g/mol. The van der Waals surface area contributed by atoms with E-state index in [0.717, 1.165) is 55.4 Å². The van der Waals surface area contributed by atoms with Crippen LogP contribution in [-0.4, -0.2) is 51.0 Å². The molecule has 0 unspecified atom stereocenters. The molecule has 3 aromatic heterocycles. The highest BCUT2D eigenvalue weighted by Gasteiger charge is 2.18. The molecule has 1 fully saturated rings. The molecule has 0 aromatic carbocycles. The predicted octanol–water partition coefficient (Wildman–Crippen LogP) is 2.50. The molecular weight excluding hydrogens is 312 g/mol. The number of pyridine rings is 2. The third-order valence-electron chi connectivity index (χ3n) is 4.67. The number of anilines is 1. The van der Waals surface area contributed by atoms with E-state index in [0.29, 0.717) is 0 Å². The smallest absolute Gasteiger partial charge is 0.0924 e. The number of rotatable bonds is 4. The number of aromatic amines is 1. The highest BCUT2D eigenvalue weighted by Crippen LogP contribution is 2.24. The molecule has 0 atom stereocenters. The number of H-pyrrole nitrogens is 1. The van der Waals surface area contributed by atoms with E-state index in [1.807, 2.05) is 30.7 Å². The minimum Gasteiger partial charge on any atom is -0.368 e. The van der Waals surface area contributed by atoms with E-state index in [-0.39, 0.29) is 0 Å². The number of nitrogens with one attached hydrogen (secondary N) is 1. The number of nitrogens with zero attached hydrogens (tertiary/aromatic N) is 5. The summed E-state index contributed by atoms with van der Waals surface area (Å²) in [5.74, 6) is 0. The van der Waals surface area contributed by atoms with Crippen LogP contribution in [0, 0.1) is 6.92 Å². The van der Waals surface area contributed by atoms with E-state index >= 15 is 0 Å². The summed E-state index contributed by atoms with van der Waals surface area (Å²) in [5.41, 5.74) is 5.42. The Morgan fingerprint density at radius 3 is 2.64 bits per heavy atom. The van der Waals surface area contributed by atoms with Crippen molar-refractivity contribution in [2.75, 3.05) is 31.1 Å². The molecule has 3 aromatic rings. The van der Waals surface area contributed by atoms with Gasteiger partial charge in [0.05, 0.1) is 41.5 Å². The van der Waals surface area contributed by atoms with Crippen LogP contribution in [0.5, 0.6) is 0 Å². The minimum atomic E-state index is 0.921. The Morgan fingerprint density at radius 2 is 1.96 bits per heavy atom. The third kappa shape index (κ3) is 3.53. The van der Waals surface area contributed by atoms with E-state index in [9.17, 15) is 0 Å². The van der Waals surface area contributed by atoms with Gasteiger partial charge in [-0.1, -0.05) is 6.07 Å². The second-order valence-corrected chi connectivity index (χ2v) is 6.41. The standard InChI is InChI=1S/C19H22N6/c1-15-10-17(11-22-19(15)18-12-20-14-23-18)25-8-6-24(7-9-25)13-16-4-2-3-5-21-16/h2-5,10-12,14H,6-9,13H2,1H3,(H,20,23). The molecular formula is C19H22N6. The van der Waals surface area contributed by atoms with Crippen molar-refractivity contribution in [1.29, 1.82) is 0 Å². The molecule has 0 amide bonds. The van der Waals surface area contributed by atoms with Gasteiger partial charge in [-0.05, 0) is 30.7 Å². The highest BCUT2D eigenvalue weighted by molar-refractivity contribution is 5.61. The van der Waals surface area contributed by atoms with Crippen LogP contribution in [-0.2, 0) is 6.54 Å². The molecule has 4 rings (SSSR count). The lowest BCUT2D eigenvalue weighted by atomic mass is 10.1. The molecule has 0 spiro atoms. The highest BCUT2D eigenvalue weighted by atomic mass is 15.3. The van der Waals surface area contributed by atoms with E-state index in [4.69, 9.17) is 0 Å². The van der Waals surface area contributed by atoms with Gasteiger partial charge in [-0.25, -0.2) is 4.98 Å². The molecule has 1 saturated heterocycles. The van der Waals surface area contributed by atoms with Crippen molar-refractivity contribution in [2.24, 2.45) is 0 Å². The fourth-order valence-corrected chi connectivity index (χ4v) is 3.29. The zero-order chi connectivity index (χ0) is 17.1. The van der Waals surface area contributed by atoms with Gasteiger partial charge in [-0.2, -0.15) is 0 Å².